The predicted molar refractivity (Wildman–Crippen MR) is 103 cm³/mol. The Labute approximate surface area is 154 Å². The number of amides is 1. The molecule has 1 saturated heterocycles. The van der Waals surface area contributed by atoms with Crippen molar-refractivity contribution in [3.05, 3.63) is 53.9 Å². The number of pyridine rings is 1. The normalized spacial score (nSPS) is 18.5. The number of nitrogens with one attached hydrogen (secondary N) is 1. The Morgan fingerprint density at radius 2 is 2.08 bits per heavy atom. The number of carbonyl (C=O) groups is 1. The minimum Gasteiger partial charge on any atom is -0.369 e. The second kappa shape index (κ2) is 7.45. The SMILES string of the molecule is CCc1ccccc1NC(=O)c1cncc(N(C)C2CCS(=O)(=O)C2)c1. The largest absolute Gasteiger partial charge is 0.369 e. The molecule has 26 heavy (non-hydrogen) atoms. The molecule has 2 heterocycles. The molecule has 1 aromatic heterocycles. The summed E-state index contributed by atoms with van der Waals surface area (Å²) in [6.45, 7) is 2.04. The van der Waals surface area contributed by atoms with E-state index < -0.39 is 9.84 Å². The maximum Gasteiger partial charge on any atom is 0.257 e. The molecule has 0 spiro atoms. The second-order valence-electron chi connectivity index (χ2n) is 6.56. The van der Waals surface area contributed by atoms with Gasteiger partial charge < -0.3 is 10.2 Å². The highest BCUT2D eigenvalue weighted by Gasteiger charge is 2.31. The van der Waals surface area contributed by atoms with Gasteiger partial charge in [-0.3, -0.25) is 9.78 Å². The number of carbonyl (C=O) groups excluding carboxylic acids is 1. The third kappa shape index (κ3) is 4.04. The van der Waals surface area contributed by atoms with E-state index in [4.69, 9.17) is 0 Å². The van der Waals surface area contributed by atoms with Crippen LogP contribution >= 0.6 is 0 Å². The van der Waals surface area contributed by atoms with Gasteiger partial charge in [0.25, 0.3) is 5.91 Å². The van der Waals surface area contributed by atoms with E-state index in [0.29, 0.717) is 12.0 Å². The highest BCUT2D eigenvalue weighted by atomic mass is 32.2. The summed E-state index contributed by atoms with van der Waals surface area (Å²) >= 11 is 0. The lowest BCUT2D eigenvalue weighted by Crippen LogP contribution is -2.32. The van der Waals surface area contributed by atoms with E-state index >= 15 is 0 Å². The minimum absolute atomic E-state index is 0.0825. The third-order valence-corrected chi connectivity index (χ3v) is 6.55. The monoisotopic (exact) mass is 373 g/mol. The average molecular weight is 373 g/mol. The van der Waals surface area contributed by atoms with Crippen molar-refractivity contribution < 1.29 is 13.2 Å². The first kappa shape index (κ1) is 18.4. The first-order valence-electron chi connectivity index (χ1n) is 8.67. The van der Waals surface area contributed by atoms with Crippen molar-refractivity contribution in [3.8, 4) is 0 Å². The van der Waals surface area contributed by atoms with Gasteiger partial charge in [0.15, 0.2) is 9.84 Å². The Bertz CT molecular complexity index is 912. The number of para-hydroxylation sites is 1. The van der Waals surface area contributed by atoms with Crippen molar-refractivity contribution in [3.63, 3.8) is 0 Å². The fraction of sp³-hybridized carbons (Fsp3) is 0.368. The number of nitrogens with zero attached hydrogens (tertiary/aromatic N) is 2. The average Bonchev–Trinajstić information content (AvgIpc) is 3.01. The predicted octanol–water partition coefficient (Wildman–Crippen LogP) is 2.52. The smallest absolute Gasteiger partial charge is 0.257 e. The van der Waals surface area contributed by atoms with Gasteiger partial charge >= 0.3 is 0 Å². The first-order valence-corrected chi connectivity index (χ1v) is 10.5. The molecular weight excluding hydrogens is 350 g/mol. The van der Waals surface area contributed by atoms with Crippen LogP contribution in [0.2, 0.25) is 0 Å². The van der Waals surface area contributed by atoms with Crippen LogP contribution in [0.1, 0.15) is 29.3 Å². The molecule has 7 heteroatoms. The minimum atomic E-state index is -2.96. The first-order chi connectivity index (χ1) is 12.4. The lowest BCUT2D eigenvalue weighted by molar-refractivity contribution is 0.102. The van der Waals surface area contributed by atoms with Gasteiger partial charge in [0.1, 0.15) is 0 Å². The van der Waals surface area contributed by atoms with E-state index in [1.165, 1.54) is 6.20 Å². The van der Waals surface area contributed by atoms with Crippen LogP contribution in [0.3, 0.4) is 0 Å². The lowest BCUT2D eigenvalue weighted by Gasteiger charge is -2.25. The molecule has 0 aliphatic carbocycles. The number of anilines is 2. The summed E-state index contributed by atoms with van der Waals surface area (Å²) in [5.41, 5.74) is 3.04. The molecule has 1 amide bonds. The third-order valence-electron chi connectivity index (χ3n) is 4.80. The van der Waals surface area contributed by atoms with Crippen LogP contribution in [0, 0.1) is 0 Å². The summed E-state index contributed by atoms with van der Waals surface area (Å²) in [6, 6.07) is 9.36. The zero-order valence-electron chi connectivity index (χ0n) is 15.0. The number of benzene rings is 1. The van der Waals surface area contributed by atoms with Gasteiger partial charge in [0, 0.05) is 25.0 Å². The summed E-state index contributed by atoms with van der Waals surface area (Å²) < 4.78 is 23.4. The van der Waals surface area contributed by atoms with Crippen molar-refractivity contribution in [1.29, 1.82) is 0 Å². The van der Waals surface area contributed by atoms with Gasteiger partial charge in [-0.25, -0.2) is 8.42 Å². The Balaban J connectivity index is 1.77. The summed E-state index contributed by atoms with van der Waals surface area (Å²) in [6.07, 6.45) is 4.60. The van der Waals surface area contributed by atoms with E-state index in [9.17, 15) is 13.2 Å². The molecule has 3 rings (SSSR count). The van der Waals surface area contributed by atoms with E-state index in [-0.39, 0.29) is 23.5 Å². The molecule has 138 valence electrons. The zero-order chi connectivity index (χ0) is 18.7. The van der Waals surface area contributed by atoms with Crippen molar-refractivity contribution in [2.45, 2.75) is 25.8 Å². The van der Waals surface area contributed by atoms with Gasteiger partial charge in [-0.1, -0.05) is 25.1 Å². The molecule has 1 aliphatic heterocycles. The number of hydrogen-bond acceptors (Lipinski definition) is 5. The van der Waals surface area contributed by atoms with Crippen molar-refractivity contribution in [1.82, 2.24) is 4.98 Å². The fourth-order valence-corrected chi connectivity index (χ4v) is 4.96. The number of aromatic nitrogens is 1. The molecule has 1 N–H and O–H groups in total. The van der Waals surface area contributed by atoms with Crippen molar-refractivity contribution in [2.24, 2.45) is 0 Å². The molecule has 1 aliphatic rings. The van der Waals surface area contributed by atoms with Crippen LogP contribution in [0.4, 0.5) is 11.4 Å². The summed E-state index contributed by atoms with van der Waals surface area (Å²) in [5.74, 6) is 0.125. The van der Waals surface area contributed by atoms with Crippen LogP contribution in [-0.4, -0.2) is 43.9 Å². The van der Waals surface area contributed by atoms with Crippen molar-refractivity contribution in [2.75, 3.05) is 28.8 Å². The number of hydrogen-bond donors (Lipinski definition) is 1. The van der Waals surface area contributed by atoms with Gasteiger partial charge in [0.2, 0.25) is 0 Å². The number of aryl methyl sites for hydroxylation is 1. The molecule has 1 fully saturated rings. The molecule has 0 radical (unpaired) electrons. The molecule has 6 nitrogen and oxygen atoms in total. The van der Waals surface area contributed by atoms with Gasteiger partial charge in [-0.15, -0.1) is 0 Å². The maximum atomic E-state index is 12.6. The van der Waals surface area contributed by atoms with E-state index in [1.54, 1.807) is 12.3 Å². The fourth-order valence-electron chi connectivity index (χ4n) is 3.18. The quantitative estimate of drug-likeness (QED) is 0.871. The van der Waals surface area contributed by atoms with E-state index in [1.807, 2.05) is 43.1 Å². The zero-order valence-corrected chi connectivity index (χ0v) is 15.8. The number of sulfone groups is 1. The highest BCUT2D eigenvalue weighted by molar-refractivity contribution is 7.91. The highest BCUT2D eigenvalue weighted by Crippen LogP contribution is 2.23. The molecule has 1 aromatic carbocycles. The summed E-state index contributed by atoms with van der Waals surface area (Å²) in [7, 11) is -1.12. The Hall–Kier alpha value is -2.41. The van der Waals surface area contributed by atoms with Crippen molar-refractivity contribution >= 4 is 27.1 Å². The van der Waals surface area contributed by atoms with Gasteiger partial charge in [-0.2, -0.15) is 0 Å². The molecule has 0 saturated carbocycles. The van der Waals surface area contributed by atoms with Crippen LogP contribution < -0.4 is 10.2 Å². The van der Waals surface area contributed by atoms with Gasteiger partial charge in [-0.05, 0) is 30.5 Å². The van der Waals surface area contributed by atoms with Crippen LogP contribution in [-0.2, 0) is 16.3 Å². The van der Waals surface area contributed by atoms with E-state index in [0.717, 1.165) is 23.4 Å². The lowest BCUT2D eigenvalue weighted by atomic mass is 10.1. The Morgan fingerprint density at radius 1 is 1.31 bits per heavy atom. The standard InChI is InChI=1S/C19H23N3O3S/c1-3-14-6-4-5-7-18(14)21-19(23)15-10-17(12-20-11-15)22(2)16-8-9-26(24,25)13-16/h4-7,10-12,16H,3,8-9,13H2,1-2H3,(H,21,23). The molecule has 1 unspecified atom stereocenters. The molecule has 0 bridgehead atoms. The molecule has 2 aromatic rings. The molecule has 1 atom stereocenters. The maximum absolute atomic E-state index is 12.6. The van der Waals surface area contributed by atoms with Gasteiger partial charge in [0.05, 0.1) is 29.0 Å². The Morgan fingerprint density at radius 3 is 2.77 bits per heavy atom. The Kier molecular flexibility index (Phi) is 5.27. The van der Waals surface area contributed by atoms with Crippen LogP contribution in [0.25, 0.3) is 0 Å². The molecular formula is C19H23N3O3S. The second-order valence-corrected chi connectivity index (χ2v) is 8.79. The topological polar surface area (TPSA) is 79.4 Å². The van der Waals surface area contributed by atoms with Crippen LogP contribution in [0.15, 0.2) is 42.7 Å². The number of rotatable bonds is 5. The summed E-state index contributed by atoms with van der Waals surface area (Å²) in [4.78, 5) is 18.7. The summed E-state index contributed by atoms with van der Waals surface area (Å²) in [5, 5.41) is 2.93. The van der Waals surface area contributed by atoms with E-state index in [2.05, 4.69) is 10.3 Å². The van der Waals surface area contributed by atoms with Crippen LogP contribution in [0.5, 0.6) is 0 Å².